The van der Waals surface area contributed by atoms with E-state index in [1.165, 1.54) is 0 Å². The van der Waals surface area contributed by atoms with Gasteiger partial charge in [0, 0.05) is 12.7 Å². The summed E-state index contributed by atoms with van der Waals surface area (Å²) >= 11 is 0. The van der Waals surface area contributed by atoms with Gasteiger partial charge in [-0.25, -0.2) is 4.79 Å². The van der Waals surface area contributed by atoms with E-state index in [0.717, 1.165) is 37.8 Å². The molecule has 144 valence electrons. The van der Waals surface area contributed by atoms with Crippen molar-refractivity contribution in [1.82, 2.24) is 9.88 Å². The number of carboxylic acids is 1. The predicted molar refractivity (Wildman–Crippen MR) is 96.8 cm³/mol. The van der Waals surface area contributed by atoms with Gasteiger partial charge in [0.2, 0.25) is 0 Å². The number of pyridine rings is 1. The van der Waals surface area contributed by atoms with Gasteiger partial charge in [0.15, 0.2) is 0 Å². The fourth-order valence-corrected chi connectivity index (χ4v) is 6.48. The summed E-state index contributed by atoms with van der Waals surface area (Å²) in [5, 5.41) is 9.76. The maximum atomic E-state index is 13.0. The Labute approximate surface area is 158 Å². The van der Waals surface area contributed by atoms with Crippen LogP contribution in [-0.4, -0.2) is 39.7 Å². The van der Waals surface area contributed by atoms with Crippen molar-refractivity contribution in [3.8, 4) is 0 Å². The molecule has 1 aromatic heterocycles. The molecule has 27 heavy (non-hydrogen) atoms. The molecule has 0 radical (unpaired) electrons. The van der Waals surface area contributed by atoms with Crippen molar-refractivity contribution in [3.63, 3.8) is 0 Å². The number of hydrogen-bond acceptors (Lipinski definition) is 4. The molecule has 5 fully saturated rings. The highest BCUT2D eigenvalue weighted by molar-refractivity contribution is 5.75. The number of carbonyl (C=O) groups excluding carboxylic acids is 1. The summed E-state index contributed by atoms with van der Waals surface area (Å²) in [6.45, 7) is 0.698. The smallest absolute Gasteiger partial charge is 0.410 e. The molecule has 3 unspecified atom stereocenters. The highest BCUT2D eigenvalue weighted by Gasteiger charge is 2.60. The summed E-state index contributed by atoms with van der Waals surface area (Å²) < 4.78 is 6.05. The molecule has 4 bridgehead atoms. The van der Waals surface area contributed by atoms with Gasteiger partial charge in [-0.3, -0.25) is 14.7 Å². The van der Waals surface area contributed by atoms with Crippen LogP contribution in [0.3, 0.4) is 0 Å². The Morgan fingerprint density at radius 1 is 1.19 bits per heavy atom. The summed E-state index contributed by atoms with van der Waals surface area (Å²) in [4.78, 5) is 31.1. The molecule has 3 atom stereocenters. The van der Waals surface area contributed by atoms with Crippen LogP contribution >= 0.6 is 0 Å². The molecule has 0 spiro atoms. The van der Waals surface area contributed by atoms with Gasteiger partial charge in [-0.2, -0.15) is 0 Å². The number of nitrogens with zero attached hydrogens (tertiary/aromatic N) is 2. The van der Waals surface area contributed by atoms with E-state index < -0.39 is 11.4 Å². The summed E-state index contributed by atoms with van der Waals surface area (Å²) in [5.41, 5.74) is 0.352. The molecule has 1 amide bonds. The highest BCUT2D eigenvalue weighted by Crippen LogP contribution is 2.61. The van der Waals surface area contributed by atoms with Crippen molar-refractivity contribution in [1.29, 1.82) is 0 Å². The molecule has 5 aliphatic rings. The first-order valence-electron chi connectivity index (χ1n) is 10.2. The second kappa shape index (κ2) is 6.21. The fourth-order valence-electron chi connectivity index (χ4n) is 6.48. The number of hydrogen-bond donors (Lipinski definition) is 1. The number of aliphatic carboxylic acids is 1. The molecule has 6 heteroatoms. The van der Waals surface area contributed by atoms with Crippen molar-refractivity contribution in [2.24, 2.45) is 23.2 Å². The van der Waals surface area contributed by atoms with Gasteiger partial charge in [-0.05, 0) is 74.8 Å². The van der Waals surface area contributed by atoms with E-state index >= 15 is 0 Å². The molecular weight excluding hydrogens is 344 g/mol. The van der Waals surface area contributed by atoms with Gasteiger partial charge in [-0.15, -0.1) is 0 Å². The lowest BCUT2D eigenvalue weighted by molar-refractivity contribution is -0.179. The molecule has 4 saturated carbocycles. The largest absolute Gasteiger partial charge is 0.481 e. The first-order valence-corrected chi connectivity index (χ1v) is 10.2. The number of carboxylic acid groups (broad SMARTS) is 1. The van der Waals surface area contributed by atoms with Crippen molar-refractivity contribution in [3.05, 3.63) is 30.1 Å². The molecular formula is C21H26N2O4. The molecule has 6 nitrogen and oxygen atoms in total. The van der Waals surface area contributed by atoms with Crippen LogP contribution in [0.5, 0.6) is 0 Å². The monoisotopic (exact) mass is 370 g/mol. The molecule has 1 aliphatic heterocycles. The van der Waals surface area contributed by atoms with E-state index in [9.17, 15) is 14.7 Å². The minimum atomic E-state index is -0.651. The van der Waals surface area contributed by atoms with Crippen LogP contribution in [0.15, 0.2) is 24.4 Å². The molecule has 6 rings (SSSR count). The third kappa shape index (κ3) is 2.72. The van der Waals surface area contributed by atoms with Crippen molar-refractivity contribution < 1.29 is 19.4 Å². The Kier molecular flexibility index (Phi) is 3.92. The minimum absolute atomic E-state index is 0.0131. The summed E-state index contributed by atoms with van der Waals surface area (Å²) in [6.07, 6.45) is 7.42. The zero-order chi connectivity index (χ0) is 18.6. The Morgan fingerprint density at radius 2 is 1.96 bits per heavy atom. The standard InChI is InChI=1S/C21H26N2O4/c24-19(25)21-10-13-8-14(11-21)18(15(9-13)12-21)27-20(26)23-7-3-5-17(23)16-4-1-2-6-22-16/h1-2,4,6,13-15,17-18H,3,5,7-12H2,(H,24,25)/t13?,14?,15?,17?,18-,21-. The van der Waals surface area contributed by atoms with Crippen LogP contribution in [0.2, 0.25) is 0 Å². The van der Waals surface area contributed by atoms with Crippen LogP contribution in [0.25, 0.3) is 0 Å². The average Bonchev–Trinajstić information content (AvgIpc) is 3.14. The fraction of sp³-hybridized carbons (Fsp3) is 0.667. The molecule has 0 aromatic carbocycles. The quantitative estimate of drug-likeness (QED) is 0.879. The van der Waals surface area contributed by atoms with Gasteiger partial charge >= 0.3 is 12.1 Å². The Morgan fingerprint density at radius 3 is 2.63 bits per heavy atom. The number of amides is 1. The van der Waals surface area contributed by atoms with Gasteiger partial charge in [0.25, 0.3) is 0 Å². The molecule has 1 aromatic rings. The van der Waals surface area contributed by atoms with E-state index in [0.29, 0.717) is 25.3 Å². The average molecular weight is 370 g/mol. The Balaban J connectivity index is 1.31. The summed E-state index contributed by atoms with van der Waals surface area (Å²) in [5.74, 6) is 0.238. The van der Waals surface area contributed by atoms with E-state index in [1.807, 2.05) is 23.1 Å². The second-order valence-corrected chi connectivity index (χ2v) is 9.01. The zero-order valence-corrected chi connectivity index (χ0v) is 15.4. The van der Waals surface area contributed by atoms with Crippen LogP contribution in [-0.2, 0) is 9.53 Å². The van der Waals surface area contributed by atoms with Crippen LogP contribution < -0.4 is 0 Å². The number of aromatic nitrogens is 1. The normalized spacial score (nSPS) is 39.6. The van der Waals surface area contributed by atoms with Gasteiger partial charge in [0.05, 0.1) is 17.2 Å². The first kappa shape index (κ1) is 17.0. The van der Waals surface area contributed by atoms with E-state index in [-0.39, 0.29) is 30.1 Å². The molecule has 1 N–H and O–H groups in total. The maximum Gasteiger partial charge on any atom is 0.410 e. The van der Waals surface area contributed by atoms with Crippen LogP contribution in [0, 0.1) is 23.2 Å². The van der Waals surface area contributed by atoms with Gasteiger partial charge < -0.3 is 9.84 Å². The van der Waals surface area contributed by atoms with E-state index in [1.54, 1.807) is 6.20 Å². The lowest BCUT2D eigenvalue weighted by atomic mass is 9.48. The Hall–Kier alpha value is -2.11. The lowest BCUT2D eigenvalue weighted by Gasteiger charge is -2.57. The first-order chi connectivity index (χ1) is 13.1. The van der Waals surface area contributed by atoms with Gasteiger partial charge in [0.1, 0.15) is 6.10 Å². The number of carbonyl (C=O) groups is 2. The molecule has 4 aliphatic carbocycles. The highest BCUT2D eigenvalue weighted by atomic mass is 16.6. The van der Waals surface area contributed by atoms with Crippen LogP contribution in [0.1, 0.15) is 56.7 Å². The number of rotatable bonds is 3. The van der Waals surface area contributed by atoms with E-state index in [2.05, 4.69) is 4.98 Å². The Bertz CT molecular complexity index is 736. The third-order valence-electron chi connectivity index (χ3n) is 7.39. The predicted octanol–water partition coefficient (Wildman–Crippen LogP) is 3.63. The topological polar surface area (TPSA) is 79.7 Å². The third-order valence-corrected chi connectivity index (χ3v) is 7.39. The van der Waals surface area contributed by atoms with Crippen molar-refractivity contribution in [2.75, 3.05) is 6.54 Å². The lowest BCUT2D eigenvalue weighted by Crippen LogP contribution is -2.57. The second-order valence-electron chi connectivity index (χ2n) is 9.01. The van der Waals surface area contributed by atoms with Crippen molar-refractivity contribution in [2.45, 2.75) is 57.1 Å². The molecule has 1 saturated heterocycles. The summed E-state index contributed by atoms with van der Waals surface area (Å²) in [7, 11) is 0. The van der Waals surface area contributed by atoms with E-state index in [4.69, 9.17) is 4.74 Å². The zero-order valence-electron chi connectivity index (χ0n) is 15.4. The molecule has 2 heterocycles. The number of ether oxygens (including phenoxy) is 1. The number of likely N-dealkylation sites (tertiary alicyclic amines) is 1. The van der Waals surface area contributed by atoms with Crippen LogP contribution in [0.4, 0.5) is 4.79 Å². The summed E-state index contributed by atoms with van der Waals surface area (Å²) in [6, 6.07) is 5.79. The van der Waals surface area contributed by atoms with Gasteiger partial charge in [-0.1, -0.05) is 6.07 Å². The minimum Gasteiger partial charge on any atom is -0.481 e. The van der Waals surface area contributed by atoms with Crippen molar-refractivity contribution >= 4 is 12.1 Å². The maximum absolute atomic E-state index is 13.0. The SMILES string of the molecule is O=C(O[C@H]1C2CC3CC1C[C@](C(=O)O)(C3)C2)N1CCCC1c1ccccn1.